The highest BCUT2D eigenvalue weighted by Gasteiger charge is 2.29. The van der Waals surface area contributed by atoms with Gasteiger partial charge in [-0.1, -0.05) is 22.9 Å². The first-order valence-corrected chi connectivity index (χ1v) is 6.95. The fraction of sp³-hybridized carbons (Fsp3) is 0.917. The molecule has 0 aromatic heterocycles. The Morgan fingerprint density at radius 1 is 1.25 bits per heavy atom. The average Bonchev–Trinajstić information content (AvgIpc) is 2.26. The maximum absolute atomic E-state index is 11.9. The van der Waals surface area contributed by atoms with Crippen molar-refractivity contribution in [1.82, 2.24) is 9.80 Å². The Labute approximate surface area is 107 Å². The highest BCUT2D eigenvalue weighted by Crippen LogP contribution is 2.17. The van der Waals surface area contributed by atoms with Crippen molar-refractivity contribution in [3.63, 3.8) is 0 Å². The normalized spacial score (nSPS) is 20.9. The van der Waals surface area contributed by atoms with Crippen molar-refractivity contribution >= 4 is 21.8 Å². The Hall–Kier alpha value is -0.0900. The molecule has 16 heavy (non-hydrogen) atoms. The zero-order valence-electron chi connectivity index (χ0n) is 10.8. The summed E-state index contributed by atoms with van der Waals surface area (Å²) in [5.41, 5.74) is 0.216. The lowest BCUT2D eigenvalue weighted by molar-refractivity contribution is -0.133. The van der Waals surface area contributed by atoms with Crippen molar-refractivity contribution in [2.45, 2.75) is 44.5 Å². The summed E-state index contributed by atoms with van der Waals surface area (Å²) >= 11 is 3.43. The van der Waals surface area contributed by atoms with E-state index in [1.807, 2.05) is 11.8 Å². The summed E-state index contributed by atoms with van der Waals surface area (Å²) in [4.78, 5) is 16.4. The molecule has 3 nitrogen and oxygen atoms in total. The summed E-state index contributed by atoms with van der Waals surface area (Å²) in [6.07, 6.45) is 0.859. The Kier molecular flexibility index (Phi) is 4.80. The van der Waals surface area contributed by atoms with Gasteiger partial charge in [-0.2, -0.15) is 0 Å². The Morgan fingerprint density at radius 3 is 2.12 bits per heavy atom. The fourth-order valence-electron chi connectivity index (χ4n) is 1.97. The van der Waals surface area contributed by atoms with Crippen molar-refractivity contribution < 1.29 is 4.79 Å². The predicted molar refractivity (Wildman–Crippen MR) is 70.9 cm³/mol. The van der Waals surface area contributed by atoms with Crippen LogP contribution in [0.3, 0.4) is 0 Å². The minimum absolute atomic E-state index is 0.00585. The molecule has 0 saturated carbocycles. The van der Waals surface area contributed by atoms with Crippen LogP contribution in [-0.4, -0.2) is 52.3 Å². The molecule has 1 aliphatic rings. The molecule has 1 atom stereocenters. The van der Waals surface area contributed by atoms with Crippen LogP contribution in [0.15, 0.2) is 0 Å². The molecular weight excluding hydrogens is 268 g/mol. The van der Waals surface area contributed by atoms with Crippen molar-refractivity contribution in [2.24, 2.45) is 0 Å². The molecule has 1 amide bonds. The van der Waals surface area contributed by atoms with Crippen molar-refractivity contribution in [3.05, 3.63) is 0 Å². The SMILES string of the molecule is CCC(Br)C(=O)N1CCN(C(C)(C)C)CC1. The van der Waals surface area contributed by atoms with Gasteiger partial charge >= 0.3 is 0 Å². The minimum Gasteiger partial charge on any atom is -0.339 e. The van der Waals surface area contributed by atoms with Crippen LogP contribution in [0.5, 0.6) is 0 Å². The lowest BCUT2D eigenvalue weighted by Gasteiger charge is -2.42. The summed E-state index contributed by atoms with van der Waals surface area (Å²) in [6.45, 7) is 12.4. The van der Waals surface area contributed by atoms with Crippen molar-refractivity contribution in [3.8, 4) is 0 Å². The van der Waals surface area contributed by atoms with Gasteiger partial charge in [0.1, 0.15) is 0 Å². The maximum Gasteiger partial charge on any atom is 0.236 e. The fourth-order valence-corrected chi connectivity index (χ4v) is 2.26. The highest BCUT2D eigenvalue weighted by molar-refractivity contribution is 9.10. The van der Waals surface area contributed by atoms with Crippen molar-refractivity contribution in [1.29, 1.82) is 0 Å². The zero-order valence-corrected chi connectivity index (χ0v) is 12.4. The van der Waals surface area contributed by atoms with E-state index in [4.69, 9.17) is 0 Å². The molecule has 1 heterocycles. The molecule has 94 valence electrons. The van der Waals surface area contributed by atoms with Gasteiger partial charge in [-0.25, -0.2) is 0 Å². The van der Waals surface area contributed by atoms with E-state index in [9.17, 15) is 4.79 Å². The van der Waals surface area contributed by atoms with Crippen LogP contribution in [0, 0.1) is 0 Å². The van der Waals surface area contributed by atoms with Crippen LogP contribution in [0.2, 0.25) is 0 Å². The number of halogens is 1. The van der Waals surface area contributed by atoms with Gasteiger partial charge in [0.05, 0.1) is 4.83 Å². The van der Waals surface area contributed by atoms with Crippen LogP contribution in [0.1, 0.15) is 34.1 Å². The number of hydrogen-bond donors (Lipinski definition) is 0. The van der Waals surface area contributed by atoms with Gasteiger partial charge in [-0.15, -0.1) is 0 Å². The van der Waals surface area contributed by atoms with E-state index < -0.39 is 0 Å². The third-order valence-electron chi connectivity index (χ3n) is 3.17. The zero-order chi connectivity index (χ0) is 12.3. The van der Waals surface area contributed by atoms with E-state index in [0.29, 0.717) is 0 Å². The molecule has 1 aliphatic heterocycles. The molecule has 0 N–H and O–H groups in total. The second-order valence-corrected chi connectivity index (χ2v) is 6.46. The van der Waals surface area contributed by atoms with E-state index in [-0.39, 0.29) is 16.3 Å². The average molecular weight is 291 g/mol. The number of hydrogen-bond acceptors (Lipinski definition) is 2. The molecule has 0 bridgehead atoms. The highest BCUT2D eigenvalue weighted by atomic mass is 79.9. The molecule has 1 fully saturated rings. The van der Waals surface area contributed by atoms with Crippen molar-refractivity contribution in [2.75, 3.05) is 26.2 Å². The lowest BCUT2D eigenvalue weighted by atomic mass is 10.0. The number of amides is 1. The summed E-state index contributed by atoms with van der Waals surface area (Å²) in [5, 5.41) is 0. The number of alkyl halides is 1. The molecule has 4 heteroatoms. The molecule has 0 aliphatic carbocycles. The van der Waals surface area contributed by atoms with E-state index in [1.165, 1.54) is 0 Å². The molecule has 1 saturated heterocycles. The third-order valence-corrected chi connectivity index (χ3v) is 4.21. The molecule has 0 aromatic rings. The number of carbonyl (C=O) groups is 1. The topological polar surface area (TPSA) is 23.6 Å². The number of nitrogens with zero attached hydrogens (tertiary/aromatic N) is 2. The van der Waals surface area contributed by atoms with Gasteiger partial charge in [0.15, 0.2) is 0 Å². The number of carbonyl (C=O) groups excluding carboxylic acids is 1. The largest absolute Gasteiger partial charge is 0.339 e. The van der Waals surface area contributed by atoms with E-state index in [0.717, 1.165) is 32.6 Å². The molecule has 1 rings (SSSR count). The molecule has 0 spiro atoms. The quantitative estimate of drug-likeness (QED) is 0.727. The molecule has 1 unspecified atom stereocenters. The first-order valence-electron chi connectivity index (χ1n) is 6.04. The second-order valence-electron chi connectivity index (χ2n) is 5.36. The van der Waals surface area contributed by atoms with Crippen LogP contribution >= 0.6 is 15.9 Å². The van der Waals surface area contributed by atoms with Gasteiger partial charge < -0.3 is 4.90 Å². The first kappa shape index (κ1) is 14.0. The summed E-state index contributed by atoms with van der Waals surface area (Å²) in [6, 6.07) is 0. The smallest absolute Gasteiger partial charge is 0.236 e. The van der Waals surface area contributed by atoms with E-state index >= 15 is 0 Å². The Balaban J connectivity index is 2.46. The van der Waals surface area contributed by atoms with Gasteiger partial charge in [0.25, 0.3) is 0 Å². The third kappa shape index (κ3) is 3.45. The van der Waals surface area contributed by atoms with Gasteiger partial charge in [-0.05, 0) is 27.2 Å². The monoisotopic (exact) mass is 290 g/mol. The van der Waals surface area contributed by atoms with Gasteiger partial charge in [0, 0.05) is 31.7 Å². The lowest BCUT2D eigenvalue weighted by Crippen LogP contribution is -2.55. The summed E-state index contributed by atoms with van der Waals surface area (Å²) in [5.74, 6) is 0.246. The minimum atomic E-state index is -0.00585. The maximum atomic E-state index is 11.9. The molecule has 0 radical (unpaired) electrons. The number of rotatable bonds is 2. The summed E-state index contributed by atoms with van der Waals surface area (Å²) in [7, 11) is 0. The van der Waals surface area contributed by atoms with E-state index in [2.05, 4.69) is 41.6 Å². The van der Waals surface area contributed by atoms with Gasteiger partial charge in [-0.3, -0.25) is 9.69 Å². The van der Waals surface area contributed by atoms with Crippen LogP contribution in [0.4, 0.5) is 0 Å². The second kappa shape index (κ2) is 5.50. The summed E-state index contributed by atoms with van der Waals surface area (Å²) < 4.78 is 0. The van der Waals surface area contributed by atoms with Crippen LogP contribution in [0.25, 0.3) is 0 Å². The van der Waals surface area contributed by atoms with Crippen LogP contribution in [-0.2, 0) is 4.79 Å². The molecule has 0 aromatic carbocycles. The van der Waals surface area contributed by atoms with Gasteiger partial charge in [0.2, 0.25) is 5.91 Å². The van der Waals surface area contributed by atoms with Crippen LogP contribution < -0.4 is 0 Å². The Morgan fingerprint density at radius 2 is 1.75 bits per heavy atom. The standard InChI is InChI=1S/C12H23BrN2O/c1-5-10(13)11(16)14-6-8-15(9-7-14)12(2,3)4/h10H,5-9H2,1-4H3. The first-order chi connectivity index (χ1) is 7.36. The number of piperazine rings is 1. The molecular formula is C12H23BrN2O. The predicted octanol–water partition coefficient (Wildman–Crippen LogP) is 2.10. The Bertz CT molecular complexity index is 242. The van der Waals surface area contributed by atoms with E-state index in [1.54, 1.807) is 0 Å².